The Labute approximate surface area is 159 Å². The molecule has 0 aliphatic heterocycles. The van der Waals surface area contributed by atoms with Crippen molar-refractivity contribution in [3.05, 3.63) is 69.9 Å². The highest BCUT2D eigenvalue weighted by atomic mass is 35.5. The van der Waals surface area contributed by atoms with E-state index in [1.165, 1.54) is 30.6 Å². The zero-order valence-electron chi connectivity index (χ0n) is 13.9. The Morgan fingerprint density at radius 1 is 1.23 bits per heavy atom. The summed E-state index contributed by atoms with van der Waals surface area (Å²) in [5.41, 5.74) is 2.13. The number of nitrogens with zero attached hydrogens (tertiary/aromatic N) is 1. The fraction of sp³-hybridized carbons (Fsp3) is 0.158. The average Bonchev–Trinajstić information content (AvgIpc) is 3.10. The van der Waals surface area contributed by atoms with Gasteiger partial charge in [0.1, 0.15) is 11.6 Å². The quantitative estimate of drug-likeness (QED) is 0.561. The average molecular weight is 392 g/mol. The standard InChI is InChI=1S/C19H15ClFNO3S/c1-24-17-7-2-12(8-16(17)21)9-18(23)25-10-15-11-26-19(22-15)13-3-5-14(20)6-4-13/h2-8,11H,9-10H2,1H3. The van der Waals surface area contributed by atoms with Gasteiger partial charge < -0.3 is 9.47 Å². The molecule has 3 rings (SSSR count). The van der Waals surface area contributed by atoms with E-state index in [2.05, 4.69) is 4.98 Å². The number of methoxy groups -OCH3 is 1. The van der Waals surface area contributed by atoms with Crippen LogP contribution in [-0.2, 0) is 22.6 Å². The van der Waals surface area contributed by atoms with Gasteiger partial charge in [0.2, 0.25) is 0 Å². The Bertz CT molecular complexity index is 911. The van der Waals surface area contributed by atoms with Crippen molar-refractivity contribution in [1.82, 2.24) is 4.98 Å². The minimum Gasteiger partial charge on any atom is -0.494 e. The fourth-order valence-electron chi connectivity index (χ4n) is 2.29. The molecule has 0 aliphatic carbocycles. The van der Waals surface area contributed by atoms with Crippen LogP contribution in [-0.4, -0.2) is 18.1 Å². The lowest BCUT2D eigenvalue weighted by Crippen LogP contribution is -2.08. The number of aromatic nitrogens is 1. The molecule has 1 heterocycles. The van der Waals surface area contributed by atoms with Gasteiger partial charge in [0.25, 0.3) is 0 Å². The summed E-state index contributed by atoms with van der Waals surface area (Å²) in [5, 5.41) is 3.32. The maximum Gasteiger partial charge on any atom is 0.310 e. The topological polar surface area (TPSA) is 48.4 Å². The van der Waals surface area contributed by atoms with E-state index in [0.717, 1.165) is 10.6 Å². The molecule has 0 atom stereocenters. The van der Waals surface area contributed by atoms with Crippen molar-refractivity contribution in [3.8, 4) is 16.3 Å². The van der Waals surface area contributed by atoms with Crippen molar-refractivity contribution in [3.63, 3.8) is 0 Å². The Morgan fingerprint density at radius 2 is 2.00 bits per heavy atom. The summed E-state index contributed by atoms with van der Waals surface area (Å²) in [4.78, 5) is 16.4. The van der Waals surface area contributed by atoms with Gasteiger partial charge in [-0.25, -0.2) is 9.37 Å². The number of rotatable bonds is 6. The van der Waals surface area contributed by atoms with Gasteiger partial charge >= 0.3 is 5.97 Å². The Hall–Kier alpha value is -2.44. The van der Waals surface area contributed by atoms with Crippen molar-refractivity contribution >= 4 is 28.9 Å². The van der Waals surface area contributed by atoms with Gasteiger partial charge in [-0.2, -0.15) is 0 Å². The zero-order chi connectivity index (χ0) is 18.5. The molecular weight excluding hydrogens is 377 g/mol. The number of ether oxygens (including phenoxy) is 2. The van der Waals surface area contributed by atoms with E-state index in [9.17, 15) is 9.18 Å². The number of hydrogen-bond donors (Lipinski definition) is 0. The SMILES string of the molecule is COc1ccc(CC(=O)OCc2csc(-c3ccc(Cl)cc3)n2)cc1F. The lowest BCUT2D eigenvalue weighted by molar-refractivity contribution is -0.144. The number of halogens is 2. The summed E-state index contributed by atoms with van der Waals surface area (Å²) in [7, 11) is 1.39. The van der Waals surface area contributed by atoms with E-state index < -0.39 is 11.8 Å². The molecule has 134 valence electrons. The van der Waals surface area contributed by atoms with Gasteiger partial charge in [-0.1, -0.05) is 29.8 Å². The van der Waals surface area contributed by atoms with Crippen LogP contribution in [0.1, 0.15) is 11.3 Å². The third-order valence-corrected chi connectivity index (χ3v) is 4.78. The second-order valence-corrected chi connectivity index (χ2v) is 6.75. The van der Waals surface area contributed by atoms with Crippen LogP contribution in [0.5, 0.6) is 5.75 Å². The molecule has 0 spiro atoms. The molecule has 0 amide bonds. The van der Waals surface area contributed by atoms with Crippen molar-refractivity contribution in [1.29, 1.82) is 0 Å². The van der Waals surface area contributed by atoms with Crippen LogP contribution in [0.4, 0.5) is 4.39 Å². The molecule has 26 heavy (non-hydrogen) atoms. The summed E-state index contributed by atoms with van der Waals surface area (Å²) in [6.45, 7) is 0.0710. The first kappa shape index (κ1) is 18.4. The van der Waals surface area contributed by atoms with Crippen molar-refractivity contribution in [2.45, 2.75) is 13.0 Å². The number of hydrogen-bond acceptors (Lipinski definition) is 5. The first-order valence-electron chi connectivity index (χ1n) is 7.73. The van der Waals surface area contributed by atoms with E-state index in [1.54, 1.807) is 18.2 Å². The van der Waals surface area contributed by atoms with Crippen molar-refractivity contribution < 1.29 is 18.7 Å². The minimum absolute atomic E-state index is 0.0188. The van der Waals surface area contributed by atoms with E-state index in [4.69, 9.17) is 21.1 Å². The number of carbonyl (C=O) groups is 1. The second kappa shape index (κ2) is 8.29. The van der Waals surface area contributed by atoms with Crippen LogP contribution < -0.4 is 4.74 Å². The van der Waals surface area contributed by atoms with E-state index in [1.807, 2.05) is 17.5 Å². The highest BCUT2D eigenvalue weighted by molar-refractivity contribution is 7.13. The van der Waals surface area contributed by atoms with Gasteiger partial charge in [-0.05, 0) is 29.8 Å². The highest BCUT2D eigenvalue weighted by Crippen LogP contribution is 2.25. The van der Waals surface area contributed by atoms with Gasteiger partial charge in [-0.3, -0.25) is 4.79 Å². The third kappa shape index (κ3) is 4.59. The summed E-state index contributed by atoms with van der Waals surface area (Å²) < 4.78 is 23.7. The molecule has 0 radical (unpaired) electrons. The maximum absolute atomic E-state index is 13.6. The highest BCUT2D eigenvalue weighted by Gasteiger charge is 2.11. The largest absolute Gasteiger partial charge is 0.494 e. The Kier molecular flexibility index (Phi) is 5.85. The summed E-state index contributed by atoms with van der Waals surface area (Å²) in [6, 6.07) is 11.7. The summed E-state index contributed by atoms with van der Waals surface area (Å²) in [6.07, 6.45) is -0.0188. The van der Waals surface area contributed by atoms with Gasteiger partial charge in [0.05, 0.1) is 19.2 Å². The van der Waals surface area contributed by atoms with E-state index in [-0.39, 0.29) is 18.8 Å². The van der Waals surface area contributed by atoms with E-state index in [0.29, 0.717) is 16.3 Å². The molecule has 0 N–H and O–H groups in total. The lowest BCUT2D eigenvalue weighted by Gasteiger charge is -2.05. The van der Waals surface area contributed by atoms with Crippen molar-refractivity contribution in [2.24, 2.45) is 0 Å². The summed E-state index contributed by atoms with van der Waals surface area (Å²) in [5.74, 6) is -0.820. The van der Waals surface area contributed by atoms with Crippen LogP contribution in [0.2, 0.25) is 5.02 Å². The number of benzene rings is 2. The van der Waals surface area contributed by atoms with Crippen LogP contribution >= 0.6 is 22.9 Å². The predicted octanol–water partition coefficient (Wildman–Crippen LogP) is 4.90. The monoisotopic (exact) mass is 391 g/mol. The van der Waals surface area contributed by atoms with Crippen LogP contribution in [0.25, 0.3) is 10.6 Å². The molecule has 0 bridgehead atoms. The number of carbonyl (C=O) groups excluding carboxylic acids is 1. The number of thiazole rings is 1. The minimum atomic E-state index is -0.509. The van der Waals surface area contributed by atoms with E-state index >= 15 is 0 Å². The molecule has 0 aliphatic rings. The molecule has 3 aromatic rings. The van der Waals surface area contributed by atoms with Gasteiger partial charge in [0, 0.05) is 16.0 Å². The maximum atomic E-state index is 13.6. The third-order valence-electron chi connectivity index (χ3n) is 3.59. The first-order chi connectivity index (χ1) is 12.5. The Balaban J connectivity index is 1.56. The smallest absolute Gasteiger partial charge is 0.310 e. The molecule has 4 nitrogen and oxygen atoms in total. The zero-order valence-corrected chi connectivity index (χ0v) is 15.4. The predicted molar refractivity (Wildman–Crippen MR) is 99.0 cm³/mol. The normalized spacial score (nSPS) is 10.6. The van der Waals surface area contributed by atoms with Crippen molar-refractivity contribution in [2.75, 3.05) is 7.11 Å². The number of esters is 1. The molecule has 7 heteroatoms. The molecule has 0 unspecified atom stereocenters. The molecule has 0 saturated carbocycles. The second-order valence-electron chi connectivity index (χ2n) is 5.46. The fourth-order valence-corrected chi connectivity index (χ4v) is 3.23. The van der Waals surface area contributed by atoms with Gasteiger partial charge in [0.15, 0.2) is 11.6 Å². The van der Waals surface area contributed by atoms with Crippen LogP contribution in [0, 0.1) is 5.82 Å². The molecule has 2 aromatic carbocycles. The summed E-state index contributed by atoms with van der Waals surface area (Å²) >= 11 is 7.34. The first-order valence-corrected chi connectivity index (χ1v) is 8.99. The molecule has 1 aromatic heterocycles. The molecule has 0 saturated heterocycles. The van der Waals surface area contributed by atoms with Gasteiger partial charge in [-0.15, -0.1) is 11.3 Å². The molecule has 0 fully saturated rings. The Morgan fingerprint density at radius 3 is 2.69 bits per heavy atom. The molecular formula is C19H15ClFNO3S. The van der Waals surface area contributed by atoms with Crippen LogP contribution in [0.3, 0.4) is 0 Å². The van der Waals surface area contributed by atoms with Crippen LogP contribution in [0.15, 0.2) is 47.8 Å². The lowest BCUT2D eigenvalue weighted by atomic mass is 10.1.